The molecule has 1 N–H and O–H groups in total. The lowest BCUT2D eigenvalue weighted by Crippen LogP contribution is -2.41. The lowest BCUT2D eigenvalue weighted by Gasteiger charge is -2.44. The number of hydrogen-bond donors (Lipinski definition) is 1. The number of allylic oxidation sites excluding steroid dienone is 9. The van der Waals surface area contributed by atoms with E-state index in [1.54, 1.807) is 0 Å². The summed E-state index contributed by atoms with van der Waals surface area (Å²) < 4.78 is 0. The smallest absolute Gasteiger partial charge is 0.0599 e. The molecule has 176 valence electrons. The summed E-state index contributed by atoms with van der Waals surface area (Å²) in [6.07, 6.45) is 20.4. The highest BCUT2D eigenvalue weighted by Crippen LogP contribution is 2.45. The van der Waals surface area contributed by atoms with E-state index < -0.39 is 0 Å². The summed E-state index contributed by atoms with van der Waals surface area (Å²) in [5.41, 5.74) is 7.20. The van der Waals surface area contributed by atoms with Crippen molar-refractivity contribution in [3.63, 3.8) is 0 Å². The predicted octanol–water partition coefficient (Wildman–Crippen LogP) is 9.27. The van der Waals surface area contributed by atoms with Crippen LogP contribution in [0.5, 0.6) is 0 Å². The fourth-order valence-electron chi connectivity index (χ4n) is 4.68. The number of aliphatic hydroxyl groups excluding tert-OH is 1. The van der Waals surface area contributed by atoms with E-state index in [0.29, 0.717) is 5.92 Å². The molecule has 0 radical (unpaired) electrons. The highest BCUT2D eigenvalue weighted by molar-refractivity contribution is 5.13. The van der Waals surface area contributed by atoms with Gasteiger partial charge in [0, 0.05) is 0 Å². The Bertz CT molecular complexity index is 679. The number of rotatable bonds is 12. The van der Waals surface area contributed by atoms with Crippen LogP contribution in [0.3, 0.4) is 0 Å². The van der Waals surface area contributed by atoms with Crippen LogP contribution in [0.25, 0.3) is 0 Å². The van der Waals surface area contributed by atoms with Crippen molar-refractivity contribution in [1.82, 2.24) is 0 Å². The second-order valence-electron chi connectivity index (χ2n) is 10.7. The van der Waals surface area contributed by atoms with Gasteiger partial charge < -0.3 is 5.11 Å². The first kappa shape index (κ1) is 27.7. The first-order chi connectivity index (χ1) is 14.5. The molecule has 1 fully saturated rings. The zero-order chi connectivity index (χ0) is 23.4. The normalized spacial score (nSPS) is 22.6. The standard InChI is InChI=1S/C30H50O/c1-23(2)13-11-16-25(4)18-12-17-24(3)14-9-10-15-26(5)19-21-28-27(6)20-22-29(31)30(28,7)8/h13-15,18,28-29,31H,6,9-12,16-17,19-22H2,1-5,7-8H3/b24-14+,25-18+,26-15+/t28-,29+/m1/s1. The molecule has 1 aliphatic rings. The summed E-state index contributed by atoms with van der Waals surface area (Å²) in [6.45, 7) is 19.9. The van der Waals surface area contributed by atoms with Crippen LogP contribution in [0.1, 0.15) is 113 Å². The molecule has 1 saturated carbocycles. The summed E-state index contributed by atoms with van der Waals surface area (Å²) in [7, 11) is 0. The van der Waals surface area contributed by atoms with Crippen molar-refractivity contribution in [3.8, 4) is 0 Å². The Hall–Kier alpha value is -1.34. The summed E-state index contributed by atoms with van der Waals surface area (Å²) >= 11 is 0. The fraction of sp³-hybridized carbons (Fsp3) is 0.667. The van der Waals surface area contributed by atoms with Gasteiger partial charge in [-0.1, -0.05) is 72.6 Å². The van der Waals surface area contributed by atoms with Gasteiger partial charge in [0.05, 0.1) is 6.10 Å². The molecule has 1 heteroatoms. The van der Waals surface area contributed by atoms with Crippen molar-refractivity contribution < 1.29 is 5.11 Å². The van der Waals surface area contributed by atoms with E-state index in [2.05, 4.69) is 79.3 Å². The van der Waals surface area contributed by atoms with Gasteiger partial charge in [-0.05, 0) is 110 Å². The van der Waals surface area contributed by atoms with E-state index in [4.69, 9.17) is 0 Å². The van der Waals surface area contributed by atoms with E-state index in [0.717, 1.165) is 51.4 Å². The molecule has 0 saturated heterocycles. The molecule has 1 nitrogen and oxygen atoms in total. The Morgan fingerprint density at radius 3 is 1.87 bits per heavy atom. The first-order valence-electron chi connectivity index (χ1n) is 12.5. The van der Waals surface area contributed by atoms with Crippen molar-refractivity contribution in [3.05, 3.63) is 58.7 Å². The van der Waals surface area contributed by atoms with E-state index in [-0.39, 0.29) is 11.5 Å². The molecule has 0 aliphatic heterocycles. The Morgan fingerprint density at radius 2 is 1.32 bits per heavy atom. The average molecular weight is 427 g/mol. The molecule has 0 spiro atoms. The quantitative estimate of drug-likeness (QED) is 0.243. The van der Waals surface area contributed by atoms with Crippen LogP contribution in [0.15, 0.2) is 58.7 Å². The second kappa shape index (κ2) is 13.9. The van der Waals surface area contributed by atoms with Crippen molar-refractivity contribution in [2.75, 3.05) is 0 Å². The fourth-order valence-corrected chi connectivity index (χ4v) is 4.68. The van der Waals surface area contributed by atoms with Crippen LogP contribution in [0.2, 0.25) is 0 Å². The monoisotopic (exact) mass is 426 g/mol. The highest BCUT2D eigenvalue weighted by Gasteiger charge is 2.40. The molecule has 0 aromatic heterocycles. The van der Waals surface area contributed by atoms with Gasteiger partial charge in [0.1, 0.15) is 0 Å². The van der Waals surface area contributed by atoms with E-state index >= 15 is 0 Å². The highest BCUT2D eigenvalue weighted by atomic mass is 16.3. The maximum atomic E-state index is 10.4. The Balaban J connectivity index is 2.33. The molecular formula is C30H50O. The number of hydrogen-bond acceptors (Lipinski definition) is 1. The van der Waals surface area contributed by atoms with Crippen LogP contribution >= 0.6 is 0 Å². The van der Waals surface area contributed by atoms with E-state index in [1.807, 2.05) is 0 Å². The molecule has 1 rings (SSSR count). The van der Waals surface area contributed by atoms with Gasteiger partial charge in [0.2, 0.25) is 0 Å². The summed E-state index contributed by atoms with van der Waals surface area (Å²) in [4.78, 5) is 0. The average Bonchev–Trinajstić information content (AvgIpc) is 2.68. The minimum atomic E-state index is -0.198. The van der Waals surface area contributed by atoms with Gasteiger partial charge in [-0.15, -0.1) is 0 Å². The van der Waals surface area contributed by atoms with Crippen molar-refractivity contribution in [1.29, 1.82) is 0 Å². The third kappa shape index (κ3) is 10.7. The number of aliphatic hydroxyl groups is 1. The molecule has 2 atom stereocenters. The van der Waals surface area contributed by atoms with Gasteiger partial charge >= 0.3 is 0 Å². The molecule has 31 heavy (non-hydrogen) atoms. The Labute approximate surface area is 194 Å². The Kier molecular flexibility index (Phi) is 12.5. The summed E-state index contributed by atoms with van der Waals surface area (Å²) in [5, 5.41) is 10.4. The van der Waals surface area contributed by atoms with Crippen LogP contribution in [0, 0.1) is 11.3 Å². The third-order valence-electron chi connectivity index (χ3n) is 7.09. The lowest BCUT2D eigenvalue weighted by molar-refractivity contribution is -0.00880. The zero-order valence-electron chi connectivity index (χ0n) is 21.7. The zero-order valence-corrected chi connectivity index (χ0v) is 21.7. The summed E-state index contributed by atoms with van der Waals surface area (Å²) in [5.74, 6) is 0.431. The summed E-state index contributed by atoms with van der Waals surface area (Å²) in [6, 6.07) is 0. The maximum absolute atomic E-state index is 10.4. The van der Waals surface area contributed by atoms with Crippen molar-refractivity contribution in [2.24, 2.45) is 11.3 Å². The SMILES string of the molecule is C=C1CC[C@H](O)C(C)(C)[C@@H]1CC/C(C)=C/CC/C=C(\C)CC/C=C(\C)CCC=C(C)C. The molecule has 0 amide bonds. The van der Waals surface area contributed by atoms with Crippen LogP contribution in [0.4, 0.5) is 0 Å². The second-order valence-corrected chi connectivity index (χ2v) is 10.7. The van der Waals surface area contributed by atoms with Gasteiger partial charge in [0.15, 0.2) is 0 Å². The van der Waals surface area contributed by atoms with Gasteiger partial charge in [0.25, 0.3) is 0 Å². The van der Waals surface area contributed by atoms with Crippen LogP contribution < -0.4 is 0 Å². The van der Waals surface area contributed by atoms with Gasteiger partial charge in [-0.3, -0.25) is 0 Å². The molecule has 0 aromatic rings. The minimum absolute atomic E-state index is 0.0477. The Morgan fingerprint density at radius 1 is 0.839 bits per heavy atom. The van der Waals surface area contributed by atoms with Crippen LogP contribution in [-0.2, 0) is 0 Å². The predicted molar refractivity (Wildman–Crippen MR) is 139 cm³/mol. The number of unbranched alkanes of at least 4 members (excludes halogenated alkanes) is 1. The molecular weight excluding hydrogens is 376 g/mol. The first-order valence-corrected chi connectivity index (χ1v) is 12.5. The minimum Gasteiger partial charge on any atom is -0.393 e. The largest absolute Gasteiger partial charge is 0.393 e. The van der Waals surface area contributed by atoms with Crippen LogP contribution in [-0.4, -0.2) is 11.2 Å². The molecule has 0 heterocycles. The van der Waals surface area contributed by atoms with E-state index in [1.165, 1.54) is 40.7 Å². The third-order valence-corrected chi connectivity index (χ3v) is 7.09. The maximum Gasteiger partial charge on any atom is 0.0599 e. The van der Waals surface area contributed by atoms with Crippen molar-refractivity contribution >= 4 is 0 Å². The molecule has 0 bridgehead atoms. The molecule has 1 aliphatic carbocycles. The van der Waals surface area contributed by atoms with Crippen molar-refractivity contribution in [2.45, 2.75) is 119 Å². The molecule has 0 unspecified atom stereocenters. The van der Waals surface area contributed by atoms with E-state index in [9.17, 15) is 5.11 Å². The lowest BCUT2D eigenvalue weighted by atomic mass is 9.63. The molecule has 0 aromatic carbocycles. The topological polar surface area (TPSA) is 20.2 Å². The van der Waals surface area contributed by atoms with Gasteiger partial charge in [-0.2, -0.15) is 0 Å². The van der Waals surface area contributed by atoms with Gasteiger partial charge in [-0.25, -0.2) is 0 Å².